The largest absolute Gasteiger partial charge is 0.491 e. The summed E-state index contributed by atoms with van der Waals surface area (Å²) in [6.07, 6.45) is 3.31. The molecule has 1 N–H and O–H groups in total. The van der Waals surface area contributed by atoms with Gasteiger partial charge in [-0.2, -0.15) is 0 Å². The van der Waals surface area contributed by atoms with Crippen molar-refractivity contribution in [1.29, 1.82) is 0 Å². The molecule has 0 saturated carbocycles. The predicted octanol–water partition coefficient (Wildman–Crippen LogP) is 4.18. The molecule has 0 radical (unpaired) electrons. The van der Waals surface area contributed by atoms with Crippen molar-refractivity contribution in [3.63, 3.8) is 0 Å². The van der Waals surface area contributed by atoms with Crippen molar-refractivity contribution in [2.45, 2.75) is 26.2 Å². The van der Waals surface area contributed by atoms with Crippen molar-refractivity contribution in [2.24, 2.45) is 5.92 Å². The van der Waals surface area contributed by atoms with E-state index in [2.05, 4.69) is 11.8 Å². The Kier molecular flexibility index (Phi) is 5.43. The smallest absolute Gasteiger partial charge is 0.335 e. The summed E-state index contributed by atoms with van der Waals surface area (Å²) in [7, 11) is 0. The molecule has 2 aliphatic heterocycles. The molecule has 29 heavy (non-hydrogen) atoms. The third-order valence-corrected chi connectivity index (χ3v) is 5.58. The number of rotatable bonds is 3. The Hall–Kier alpha value is -3.02. The van der Waals surface area contributed by atoms with Crippen LogP contribution in [0.25, 0.3) is 0 Å². The van der Waals surface area contributed by atoms with Crippen molar-refractivity contribution < 1.29 is 19.4 Å². The van der Waals surface area contributed by atoms with E-state index < -0.39 is 5.97 Å². The maximum atomic E-state index is 12.9. The maximum Gasteiger partial charge on any atom is 0.335 e. The Labute approximate surface area is 170 Å². The molecule has 2 aromatic carbocycles. The predicted molar refractivity (Wildman–Crippen MR) is 111 cm³/mol. The number of carboxylic acids is 1. The van der Waals surface area contributed by atoms with Crippen LogP contribution in [0.1, 0.15) is 46.9 Å². The number of fused-ring (bicyclic) bond motifs is 1. The summed E-state index contributed by atoms with van der Waals surface area (Å²) in [5.41, 5.74) is 2.72. The third kappa shape index (κ3) is 4.06. The topological polar surface area (TPSA) is 70.1 Å². The molecule has 1 atom stereocenters. The van der Waals surface area contributed by atoms with E-state index in [0.29, 0.717) is 17.9 Å². The van der Waals surface area contributed by atoms with Gasteiger partial charge >= 0.3 is 5.97 Å². The fraction of sp³-hybridized carbons (Fsp3) is 0.391. The number of aromatic carboxylic acids is 1. The summed E-state index contributed by atoms with van der Waals surface area (Å²) in [6.45, 7) is 5.06. The van der Waals surface area contributed by atoms with Crippen molar-refractivity contribution in [1.82, 2.24) is 4.90 Å². The van der Waals surface area contributed by atoms with Gasteiger partial charge in [0.05, 0.1) is 17.9 Å². The number of anilines is 2. The van der Waals surface area contributed by atoms with Crippen LogP contribution < -0.4 is 9.64 Å². The van der Waals surface area contributed by atoms with Gasteiger partial charge in [-0.1, -0.05) is 6.92 Å². The van der Waals surface area contributed by atoms with Gasteiger partial charge in [0.2, 0.25) is 0 Å². The van der Waals surface area contributed by atoms with Crippen LogP contribution >= 0.6 is 0 Å². The second-order valence-electron chi connectivity index (χ2n) is 7.91. The standard InChI is InChI=1S/C23H26N2O4/c1-16-14-25(19-8-5-17(6-9-19)23(27)28)20-10-7-18(13-21(20)29-15-16)22(26)24-11-3-2-4-12-24/h5-10,13,16H,2-4,11-12,14-15H2,1H3,(H,27,28)/t16-/m0/s1. The number of hydrogen-bond donors (Lipinski definition) is 1. The lowest BCUT2D eigenvalue weighted by Gasteiger charge is -2.28. The molecular formula is C23H26N2O4. The van der Waals surface area contributed by atoms with Gasteiger partial charge in [-0.3, -0.25) is 4.79 Å². The Morgan fingerprint density at radius 1 is 1.00 bits per heavy atom. The quantitative estimate of drug-likeness (QED) is 0.846. The van der Waals surface area contributed by atoms with Crippen molar-refractivity contribution >= 4 is 23.3 Å². The van der Waals surface area contributed by atoms with Gasteiger partial charge in [-0.15, -0.1) is 0 Å². The van der Waals surface area contributed by atoms with Crippen molar-refractivity contribution in [2.75, 3.05) is 31.1 Å². The first-order valence-electron chi connectivity index (χ1n) is 10.2. The number of carbonyl (C=O) groups is 2. The summed E-state index contributed by atoms with van der Waals surface area (Å²) in [5.74, 6) is 0.0958. The first-order valence-corrected chi connectivity index (χ1v) is 10.2. The van der Waals surface area contributed by atoms with E-state index in [9.17, 15) is 9.59 Å². The molecule has 1 amide bonds. The summed E-state index contributed by atoms with van der Waals surface area (Å²) in [4.78, 5) is 28.1. The molecule has 4 rings (SSSR count). The number of benzene rings is 2. The van der Waals surface area contributed by atoms with E-state index in [1.54, 1.807) is 12.1 Å². The summed E-state index contributed by atoms with van der Waals surface area (Å²) in [6, 6.07) is 12.5. The minimum Gasteiger partial charge on any atom is -0.491 e. The van der Waals surface area contributed by atoms with Gasteiger partial charge in [-0.05, 0) is 61.7 Å². The minimum atomic E-state index is -0.939. The minimum absolute atomic E-state index is 0.0609. The molecule has 2 heterocycles. The van der Waals surface area contributed by atoms with Gasteiger partial charge in [0.1, 0.15) is 5.75 Å². The SMILES string of the molecule is C[C@@H]1COc2cc(C(=O)N3CCCCC3)ccc2N(c2ccc(C(=O)O)cc2)C1. The molecule has 6 heteroatoms. The Balaban J connectivity index is 1.65. The molecule has 2 aliphatic rings. The Morgan fingerprint density at radius 3 is 2.38 bits per heavy atom. The average Bonchev–Trinajstić information content (AvgIpc) is 2.92. The zero-order chi connectivity index (χ0) is 20.4. The molecule has 1 saturated heterocycles. The van der Waals surface area contributed by atoms with E-state index >= 15 is 0 Å². The van der Waals surface area contributed by atoms with Gasteiger partial charge in [0.25, 0.3) is 5.91 Å². The number of amides is 1. The average molecular weight is 394 g/mol. The van der Waals surface area contributed by atoms with Gasteiger partial charge in [0.15, 0.2) is 0 Å². The van der Waals surface area contributed by atoms with Crippen LogP contribution in [0.4, 0.5) is 11.4 Å². The van der Waals surface area contributed by atoms with E-state index in [-0.39, 0.29) is 17.4 Å². The zero-order valence-electron chi connectivity index (χ0n) is 16.6. The molecule has 0 unspecified atom stereocenters. The fourth-order valence-corrected chi connectivity index (χ4v) is 3.99. The Morgan fingerprint density at radius 2 is 1.69 bits per heavy atom. The number of likely N-dealkylation sites (tertiary alicyclic amines) is 1. The van der Waals surface area contributed by atoms with Gasteiger partial charge in [0, 0.05) is 36.8 Å². The first-order chi connectivity index (χ1) is 14.0. The lowest BCUT2D eigenvalue weighted by molar-refractivity contribution is 0.0694. The highest BCUT2D eigenvalue weighted by atomic mass is 16.5. The van der Waals surface area contributed by atoms with Crippen LogP contribution in [0.15, 0.2) is 42.5 Å². The molecule has 2 aromatic rings. The number of carbonyl (C=O) groups excluding carboxylic acids is 1. The molecule has 1 fully saturated rings. The van der Waals surface area contributed by atoms with Crippen LogP contribution in [0, 0.1) is 5.92 Å². The molecule has 0 aliphatic carbocycles. The fourth-order valence-electron chi connectivity index (χ4n) is 3.99. The van der Waals surface area contributed by atoms with E-state index in [1.807, 2.05) is 35.2 Å². The molecule has 152 valence electrons. The highest BCUT2D eigenvalue weighted by molar-refractivity contribution is 5.95. The number of hydrogen-bond acceptors (Lipinski definition) is 4. The summed E-state index contributed by atoms with van der Waals surface area (Å²) < 4.78 is 6.05. The van der Waals surface area contributed by atoms with E-state index in [0.717, 1.165) is 43.9 Å². The normalized spacial score (nSPS) is 19.1. The van der Waals surface area contributed by atoms with Gasteiger partial charge in [-0.25, -0.2) is 4.79 Å². The highest BCUT2D eigenvalue weighted by Crippen LogP contribution is 2.38. The number of nitrogens with zero attached hydrogens (tertiary/aromatic N) is 2. The van der Waals surface area contributed by atoms with E-state index in [1.165, 1.54) is 6.42 Å². The monoisotopic (exact) mass is 394 g/mol. The molecule has 6 nitrogen and oxygen atoms in total. The van der Waals surface area contributed by atoms with Gasteiger partial charge < -0.3 is 19.6 Å². The molecule has 0 spiro atoms. The van der Waals surface area contributed by atoms with Crippen LogP contribution in [0.5, 0.6) is 5.75 Å². The molecule has 0 bridgehead atoms. The van der Waals surface area contributed by atoms with Crippen molar-refractivity contribution in [3.05, 3.63) is 53.6 Å². The van der Waals surface area contributed by atoms with Crippen molar-refractivity contribution in [3.8, 4) is 5.75 Å². The summed E-state index contributed by atoms with van der Waals surface area (Å²) in [5, 5.41) is 9.15. The van der Waals surface area contributed by atoms with Crippen LogP contribution in [0.2, 0.25) is 0 Å². The number of ether oxygens (including phenoxy) is 1. The second kappa shape index (κ2) is 8.15. The highest BCUT2D eigenvalue weighted by Gasteiger charge is 2.25. The summed E-state index contributed by atoms with van der Waals surface area (Å²) >= 11 is 0. The molecule has 0 aromatic heterocycles. The van der Waals surface area contributed by atoms with Crippen LogP contribution in [0.3, 0.4) is 0 Å². The maximum absolute atomic E-state index is 12.9. The lowest BCUT2D eigenvalue weighted by atomic mass is 10.1. The van der Waals surface area contributed by atoms with Crippen LogP contribution in [-0.2, 0) is 0 Å². The molecular weight excluding hydrogens is 368 g/mol. The Bertz CT molecular complexity index is 904. The van der Waals surface area contributed by atoms with Crippen LogP contribution in [-0.4, -0.2) is 48.1 Å². The lowest BCUT2D eigenvalue weighted by Crippen LogP contribution is -2.35. The third-order valence-electron chi connectivity index (χ3n) is 5.58. The first kappa shape index (κ1) is 19.3. The zero-order valence-corrected chi connectivity index (χ0v) is 16.6. The second-order valence-corrected chi connectivity index (χ2v) is 7.91. The van der Waals surface area contributed by atoms with E-state index in [4.69, 9.17) is 9.84 Å². The number of carboxylic acid groups (broad SMARTS) is 1. The number of piperidine rings is 1.